The van der Waals surface area contributed by atoms with Crippen LogP contribution in [-0.4, -0.2) is 21.5 Å². The Hall–Kier alpha value is -1.68. The van der Waals surface area contributed by atoms with Gasteiger partial charge in [0.05, 0.1) is 11.9 Å². The summed E-state index contributed by atoms with van der Waals surface area (Å²) in [6.45, 7) is 3.57. The van der Waals surface area contributed by atoms with Crippen LogP contribution in [-0.2, 0) is 6.54 Å². The Bertz CT molecular complexity index is 462. The maximum absolute atomic E-state index is 5.50. The van der Waals surface area contributed by atoms with Crippen LogP contribution < -0.4 is 5.73 Å². The average molecular weight is 216 g/mol. The minimum atomic E-state index is 0.674. The van der Waals surface area contributed by atoms with Gasteiger partial charge in [0, 0.05) is 12.1 Å². The van der Waals surface area contributed by atoms with Crippen LogP contribution in [0.15, 0.2) is 30.5 Å². The Morgan fingerprint density at radius 3 is 3.00 bits per heavy atom. The largest absolute Gasteiger partial charge is 0.330 e. The minimum Gasteiger partial charge on any atom is -0.330 e. The predicted octanol–water partition coefficient (Wildman–Crippen LogP) is 1.60. The maximum Gasteiger partial charge on any atom is 0.0885 e. The second-order valence-electron chi connectivity index (χ2n) is 3.85. The number of rotatable bonds is 4. The van der Waals surface area contributed by atoms with E-state index in [1.807, 2.05) is 10.7 Å². The summed E-state index contributed by atoms with van der Waals surface area (Å²) in [5.41, 5.74) is 8.94. The molecule has 0 spiro atoms. The summed E-state index contributed by atoms with van der Waals surface area (Å²) < 4.78 is 1.90. The van der Waals surface area contributed by atoms with Gasteiger partial charge in [0.25, 0.3) is 0 Å². The molecule has 1 heterocycles. The third kappa shape index (κ3) is 2.28. The van der Waals surface area contributed by atoms with Gasteiger partial charge in [-0.25, -0.2) is 4.68 Å². The van der Waals surface area contributed by atoms with Gasteiger partial charge in [-0.1, -0.05) is 29.0 Å². The van der Waals surface area contributed by atoms with Crippen molar-refractivity contribution in [1.29, 1.82) is 0 Å². The second-order valence-corrected chi connectivity index (χ2v) is 3.85. The zero-order valence-corrected chi connectivity index (χ0v) is 9.43. The highest BCUT2D eigenvalue weighted by molar-refractivity contribution is 5.59. The molecule has 16 heavy (non-hydrogen) atoms. The van der Waals surface area contributed by atoms with E-state index in [0.717, 1.165) is 24.2 Å². The van der Waals surface area contributed by atoms with Crippen molar-refractivity contribution in [3.63, 3.8) is 0 Å². The highest BCUT2D eigenvalue weighted by Crippen LogP contribution is 2.19. The fourth-order valence-electron chi connectivity index (χ4n) is 1.69. The van der Waals surface area contributed by atoms with E-state index < -0.39 is 0 Å². The average Bonchev–Trinajstić information content (AvgIpc) is 2.74. The van der Waals surface area contributed by atoms with Gasteiger partial charge in [0.2, 0.25) is 0 Å². The molecule has 0 fully saturated rings. The van der Waals surface area contributed by atoms with E-state index in [0.29, 0.717) is 6.54 Å². The molecule has 0 radical (unpaired) electrons. The van der Waals surface area contributed by atoms with Gasteiger partial charge in [-0.15, -0.1) is 5.10 Å². The van der Waals surface area contributed by atoms with Crippen LogP contribution >= 0.6 is 0 Å². The highest BCUT2D eigenvalue weighted by Gasteiger charge is 2.05. The summed E-state index contributed by atoms with van der Waals surface area (Å²) in [6, 6.07) is 8.34. The Morgan fingerprint density at radius 2 is 2.25 bits per heavy atom. The zero-order valence-electron chi connectivity index (χ0n) is 9.43. The van der Waals surface area contributed by atoms with Crippen molar-refractivity contribution in [1.82, 2.24) is 15.0 Å². The highest BCUT2D eigenvalue weighted by atomic mass is 15.4. The van der Waals surface area contributed by atoms with Crippen LogP contribution in [0.3, 0.4) is 0 Å². The van der Waals surface area contributed by atoms with Crippen LogP contribution in [0.5, 0.6) is 0 Å². The summed E-state index contributed by atoms with van der Waals surface area (Å²) in [5.74, 6) is 0. The fraction of sp³-hybridized carbons (Fsp3) is 0.333. The molecular formula is C12H16N4. The molecule has 1 aromatic carbocycles. The maximum atomic E-state index is 5.50. The molecular weight excluding hydrogens is 200 g/mol. The first kappa shape index (κ1) is 10.8. The molecule has 4 heteroatoms. The number of hydrogen-bond acceptors (Lipinski definition) is 3. The summed E-state index contributed by atoms with van der Waals surface area (Å²) in [7, 11) is 0. The standard InChI is InChI=1S/C12H16N4/c1-10-4-2-5-11(8-10)12-9-14-15-16(12)7-3-6-13/h2,4-5,8-9H,3,6-7,13H2,1H3. The first-order chi connectivity index (χ1) is 7.81. The van der Waals surface area contributed by atoms with E-state index in [2.05, 4.69) is 35.4 Å². The number of benzene rings is 1. The van der Waals surface area contributed by atoms with E-state index in [9.17, 15) is 0 Å². The van der Waals surface area contributed by atoms with E-state index in [1.54, 1.807) is 6.20 Å². The van der Waals surface area contributed by atoms with E-state index in [-0.39, 0.29) is 0 Å². The third-order valence-electron chi connectivity index (χ3n) is 2.51. The molecule has 84 valence electrons. The van der Waals surface area contributed by atoms with Gasteiger partial charge in [-0.05, 0) is 26.0 Å². The van der Waals surface area contributed by atoms with Crippen molar-refractivity contribution < 1.29 is 0 Å². The zero-order chi connectivity index (χ0) is 11.4. The molecule has 0 saturated heterocycles. The van der Waals surface area contributed by atoms with Crippen LogP contribution in [0.1, 0.15) is 12.0 Å². The summed E-state index contributed by atoms with van der Waals surface area (Å²) in [5, 5.41) is 8.02. The van der Waals surface area contributed by atoms with Crippen molar-refractivity contribution >= 4 is 0 Å². The molecule has 0 atom stereocenters. The number of nitrogens with zero attached hydrogens (tertiary/aromatic N) is 3. The summed E-state index contributed by atoms with van der Waals surface area (Å²) in [6.07, 6.45) is 2.72. The first-order valence-corrected chi connectivity index (χ1v) is 5.47. The minimum absolute atomic E-state index is 0.674. The lowest BCUT2D eigenvalue weighted by atomic mass is 10.1. The summed E-state index contributed by atoms with van der Waals surface area (Å²) in [4.78, 5) is 0. The fourth-order valence-corrected chi connectivity index (χ4v) is 1.69. The summed E-state index contributed by atoms with van der Waals surface area (Å²) >= 11 is 0. The molecule has 0 aliphatic rings. The lowest BCUT2D eigenvalue weighted by Crippen LogP contribution is -2.08. The molecule has 0 aliphatic heterocycles. The normalized spacial score (nSPS) is 10.6. The van der Waals surface area contributed by atoms with Crippen molar-refractivity contribution in [2.24, 2.45) is 5.73 Å². The van der Waals surface area contributed by atoms with Gasteiger partial charge in [0.15, 0.2) is 0 Å². The lowest BCUT2D eigenvalue weighted by molar-refractivity contribution is 0.569. The third-order valence-corrected chi connectivity index (χ3v) is 2.51. The van der Waals surface area contributed by atoms with Crippen molar-refractivity contribution in [2.45, 2.75) is 19.9 Å². The Labute approximate surface area is 95.1 Å². The molecule has 4 nitrogen and oxygen atoms in total. The number of nitrogens with two attached hydrogens (primary N) is 1. The van der Waals surface area contributed by atoms with Crippen LogP contribution in [0.2, 0.25) is 0 Å². The molecule has 2 N–H and O–H groups in total. The van der Waals surface area contributed by atoms with Gasteiger partial charge in [0.1, 0.15) is 0 Å². The van der Waals surface area contributed by atoms with E-state index >= 15 is 0 Å². The molecule has 2 aromatic rings. The van der Waals surface area contributed by atoms with Crippen molar-refractivity contribution in [3.8, 4) is 11.3 Å². The molecule has 2 rings (SSSR count). The first-order valence-electron chi connectivity index (χ1n) is 5.47. The number of aromatic nitrogens is 3. The lowest BCUT2D eigenvalue weighted by Gasteiger charge is -2.05. The second kappa shape index (κ2) is 4.90. The SMILES string of the molecule is Cc1cccc(-c2cnnn2CCCN)c1. The molecule has 1 aromatic heterocycles. The Kier molecular flexibility index (Phi) is 3.31. The smallest absolute Gasteiger partial charge is 0.0885 e. The molecule has 0 bridgehead atoms. The molecule has 0 unspecified atom stereocenters. The van der Waals surface area contributed by atoms with Crippen molar-refractivity contribution in [3.05, 3.63) is 36.0 Å². The van der Waals surface area contributed by atoms with Crippen LogP contribution in [0.25, 0.3) is 11.3 Å². The molecule has 0 aliphatic carbocycles. The van der Waals surface area contributed by atoms with Gasteiger partial charge in [-0.2, -0.15) is 0 Å². The van der Waals surface area contributed by atoms with Crippen LogP contribution in [0, 0.1) is 6.92 Å². The topological polar surface area (TPSA) is 56.7 Å². The Morgan fingerprint density at radius 1 is 1.38 bits per heavy atom. The predicted molar refractivity (Wildman–Crippen MR) is 63.9 cm³/mol. The monoisotopic (exact) mass is 216 g/mol. The van der Waals surface area contributed by atoms with E-state index in [1.165, 1.54) is 5.56 Å². The molecule has 0 amide bonds. The molecule has 0 saturated carbocycles. The van der Waals surface area contributed by atoms with Crippen molar-refractivity contribution in [2.75, 3.05) is 6.54 Å². The van der Waals surface area contributed by atoms with Crippen LogP contribution in [0.4, 0.5) is 0 Å². The van der Waals surface area contributed by atoms with Gasteiger partial charge >= 0.3 is 0 Å². The Balaban J connectivity index is 2.29. The van der Waals surface area contributed by atoms with E-state index in [4.69, 9.17) is 5.73 Å². The number of hydrogen-bond donors (Lipinski definition) is 1. The quantitative estimate of drug-likeness (QED) is 0.844. The number of aryl methyl sites for hydroxylation is 2. The van der Waals surface area contributed by atoms with Gasteiger partial charge < -0.3 is 5.73 Å². The van der Waals surface area contributed by atoms with Gasteiger partial charge in [-0.3, -0.25) is 0 Å².